The maximum atomic E-state index is 6.05. The molecule has 0 fully saturated rings. The molecule has 0 spiro atoms. The van der Waals surface area contributed by atoms with Gasteiger partial charge < -0.3 is 9.84 Å². The molecule has 0 radical (unpaired) electrons. The minimum Gasteiger partial charge on any atom is -0.334 e. The first-order valence-electron chi connectivity index (χ1n) is 5.13. The molecule has 0 bridgehead atoms. The summed E-state index contributed by atoms with van der Waals surface area (Å²) >= 11 is 11.9. The zero-order valence-corrected chi connectivity index (χ0v) is 10.7. The predicted molar refractivity (Wildman–Crippen MR) is 67.4 cm³/mol. The number of likely N-dealkylation sites (N-methyl/N-ethyl adjacent to an activating group) is 1. The Morgan fingerprint density at radius 1 is 1.35 bits per heavy atom. The molecule has 1 aromatic carbocycles. The Hall–Kier alpha value is -1.10. The van der Waals surface area contributed by atoms with Crippen LogP contribution in [0.25, 0.3) is 11.5 Å². The number of nitrogens with one attached hydrogen (secondary N) is 1. The van der Waals surface area contributed by atoms with E-state index in [0.717, 1.165) is 6.54 Å². The van der Waals surface area contributed by atoms with E-state index in [9.17, 15) is 0 Å². The quantitative estimate of drug-likeness (QED) is 0.929. The first kappa shape index (κ1) is 12.4. The van der Waals surface area contributed by atoms with Gasteiger partial charge in [-0.25, -0.2) is 0 Å². The molecule has 0 amide bonds. The second-order valence-electron chi connectivity index (χ2n) is 3.49. The largest absolute Gasteiger partial charge is 0.334 e. The fourth-order valence-electron chi connectivity index (χ4n) is 1.36. The molecule has 1 aromatic heterocycles. The van der Waals surface area contributed by atoms with Gasteiger partial charge in [-0.2, -0.15) is 4.98 Å². The molecule has 0 aliphatic carbocycles. The van der Waals surface area contributed by atoms with E-state index in [0.29, 0.717) is 33.7 Å². The minimum absolute atomic E-state index is 0.392. The molecule has 0 atom stereocenters. The lowest BCUT2D eigenvalue weighted by atomic mass is 10.2. The van der Waals surface area contributed by atoms with Crippen LogP contribution in [0.5, 0.6) is 0 Å². The first-order valence-corrected chi connectivity index (χ1v) is 5.89. The van der Waals surface area contributed by atoms with Gasteiger partial charge in [0.2, 0.25) is 0 Å². The van der Waals surface area contributed by atoms with Crippen molar-refractivity contribution in [3.05, 3.63) is 34.1 Å². The third-order valence-corrected chi connectivity index (χ3v) is 2.79. The Kier molecular flexibility index (Phi) is 3.99. The van der Waals surface area contributed by atoms with E-state index in [1.165, 1.54) is 0 Å². The van der Waals surface area contributed by atoms with Crippen LogP contribution in [0.1, 0.15) is 5.82 Å². The van der Waals surface area contributed by atoms with Gasteiger partial charge in [-0.1, -0.05) is 28.4 Å². The smallest absolute Gasteiger partial charge is 0.259 e. The van der Waals surface area contributed by atoms with Crippen molar-refractivity contribution >= 4 is 23.2 Å². The summed E-state index contributed by atoms with van der Waals surface area (Å²) in [7, 11) is 1.87. The van der Waals surface area contributed by atoms with Gasteiger partial charge in [-0.05, 0) is 25.2 Å². The van der Waals surface area contributed by atoms with E-state index >= 15 is 0 Å². The lowest BCUT2D eigenvalue weighted by Crippen LogP contribution is -2.10. The number of halogens is 2. The van der Waals surface area contributed by atoms with Crippen molar-refractivity contribution in [2.45, 2.75) is 6.42 Å². The van der Waals surface area contributed by atoms with Gasteiger partial charge >= 0.3 is 0 Å². The van der Waals surface area contributed by atoms with Crippen LogP contribution in [0, 0.1) is 0 Å². The highest BCUT2D eigenvalue weighted by atomic mass is 35.5. The Morgan fingerprint density at radius 2 is 2.18 bits per heavy atom. The van der Waals surface area contributed by atoms with Crippen LogP contribution in [-0.2, 0) is 6.42 Å². The van der Waals surface area contributed by atoms with Gasteiger partial charge in [-0.3, -0.25) is 0 Å². The predicted octanol–water partition coefficient (Wildman–Crippen LogP) is 2.81. The summed E-state index contributed by atoms with van der Waals surface area (Å²) in [5.74, 6) is 1.04. The van der Waals surface area contributed by atoms with Gasteiger partial charge in [0, 0.05) is 18.0 Å². The Bertz CT molecular complexity index is 513. The number of hydrogen-bond acceptors (Lipinski definition) is 4. The Labute approximate surface area is 109 Å². The van der Waals surface area contributed by atoms with Gasteiger partial charge in [0.05, 0.1) is 10.6 Å². The van der Waals surface area contributed by atoms with Crippen LogP contribution in [0.3, 0.4) is 0 Å². The first-order chi connectivity index (χ1) is 8.20. The van der Waals surface area contributed by atoms with Gasteiger partial charge in [-0.15, -0.1) is 0 Å². The molecular formula is C11H11Cl2N3O. The molecule has 90 valence electrons. The normalized spacial score (nSPS) is 10.8. The van der Waals surface area contributed by atoms with E-state index in [1.807, 2.05) is 7.05 Å². The Morgan fingerprint density at radius 3 is 2.94 bits per heavy atom. The topological polar surface area (TPSA) is 51.0 Å². The molecule has 1 N–H and O–H groups in total. The van der Waals surface area contributed by atoms with Crippen LogP contribution in [-0.4, -0.2) is 23.7 Å². The lowest BCUT2D eigenvalue weighted by molar-refractivity contribution is 0.422. The van der Waals surface area contributed by atoms with E-state index in [2.05, 4.69) is 15.5 Å². The summed E-state index contributed by atoms with van der Waals surface area (Å²) in [5.41, 5.74) is 0.655. The maximum Gasteiger partial charge on any atom is 0.259 e. The zero-order valence-electron chi connectivity index (χ0n) is 9.20. The van der Waals surface area contributed by atoms with E-state index < -0.39 is 0 Å². The second-order valence-corrected chi connectivity index (χ2v) is 4.34. The van der Waals surface area contributed by atoms with E-state index in [1.54, 1.807) is 18.2 Å². The van der Waals surface area contributed by atoms with E-state index in [4.69, 9.17) is 27.7 Å². The lowest BCUT2D eigenvalue weighted by Gasteiger charge is -1.98. The SMILES string of the molecule is CNCCc1noc(-c2cc(Cl)ccc2Cl)n1. The fourth-order valence-corrected chi connectivity index (χ4v) is 1.73. The van der Waals surface area contributed by atoms with Crippen molar-refractivity contribution in [2.24, 2.45) is 0 Å². The highest BCUT2D eigenvalue weighted by Gasteiger charge is 2.12. The summed E-state index contributed by atoms with van der Waals surface area (Å²) in [6.45, 7) is 0.794. The summed E-state index contributed by atoms with van der Waals surface area (Å²) in [4.78, 5) is 4.26. The molecule has 1 heterocycles. The summed E-state index contributed by atoms with van der Waals surface area (Å²) < 4.78 is 5.15. The fraction of sp³-hybridized carbons (Fsp3) is 0.273. The number of hydrogen-bond donors (Lipinski definition) is 1. The molecule has 17 heavy (non-hydrogen) atoms. The molecule has 6 heteroatoms. The Balaban J connectivity index is 2.27. The van der Waals surface area contributed by atoms with Gasteiger partial charge in [0.1, 0.15) is 0 Å². The summed E-state index contributed by atoms with van der Waals surface area (Å²) in [5, 5.41) is 8.01. The van der Waals surface area contributed by atoms with Crippen LogP contribution in [0.4, 0.5) is 0 Å². The van der Waals surface area contributed by atoms with Crippen molar-refractivity contribution in [1.82, 2.24) is 15.5 Å². The molecule has 2 rings (SSSR count). The highest BCUT2D eigenvalue weighted by Crippen LogP contribution is 2.29. The van der Waals surface area contributed by atoms with Crippen molar-refractivity contribution in [3.8, 4) is 11.5 Å². The number of rotatable bonds is 4. The van der Waals surface area contributed by atoms with E-state index in [-0.39, 0.29) is 0 Å². The van der Waals surface area contributed by atoms with Crippen molar-refractivity contribution in [3.63, 3.8) is 0 Å². The third-order valence-electron chi connectivity index (χ3n) is 2.23. The van der Waals surface area contributed by atoms with Crippen LogP contribution >= 0.6 is 23.2 Å². The van der Waals surface area contributed by atoms with Crippen LogP contribution in [0.15, 0.2) is 22.7 Å². The number of aromatic nitrogens is 2. The number of nitrogens with zero attached hydrogens (tertiary/aromatic N) is 2. The molecule has 0 unspecified atom stereocenters. The monoisotopic (exact) mass is 271 g/mol. The molecule has 0 saturated carbocycles. The molecule has 0 aliphatic rings. The second kappa shape index (κ2) is 5.49. The summed E-state index contributed by atoms with van der Waals surface area (Å²) in [6, 6.07) is 5.13. The summed E-state index contributed by atoms with van der Waals surface area (Å²) in [6.07, 6.45) is 0.707. The molecular weight excluding hydrogens is 261 g/mol. The molecule has 2 aromatic rings. The zero-order chi connectivity index (χ0) is 12.3. The van der Waals surface area contributed by atoms with Crippen LogP contribution < -0.4 is 5.32 Å². The third kappa shape index (κ3) is 2.97. The average Bonchev–Trinajstić information content (AvgIpc) is 2.78. The van der Waals surface area contributed by atoms with Gasteiger partial charge in [0.15, 0.2) is 5.82 Å². The van der Waals surface area contributed by atoms with Crippen molar-refractivity contribution < 1.29 is 4.52 Å². The van der Waals surface area contributed by atoms with Crippen LogP contribution in [0.2, 0.25) is 10.0 Å². The van der Waals surface area contributed by atoms with Crippen molar-refractivity contribution in [1.29, 1.82) is 0 Å². The molecule has 0 saturated heterocycles. The maximum absolute atomic E-state index is 6.05. The number of benzene rings is 1. The molecule has 0 aliphatic heterocycles. The van der Waals surface area contributed by atoms with Gasteiger partial charge in [0.25, 0.3) is 5.89 Å². The minimum atomic E-state index is 0.392. The standard InChI is InChI=1S/C11H11Cl2N3O/c1-14-5-4-10-15-11(17-16-10)8-6-7(12)2-3-9(8)13/h2-3,6,14H,4-5H2,1H3. The average molecular weight is 272 g/mol. The van der Waals surface area contributed by atoms with Crippen molar-refractivity contribution in [2.75, 3.05) is 13.6 Å². The highest BCUT2D eigenvalue weighted by molar-refractivity contribution is 6.35. The molecule has 4 nitrogen and oxygen atoms in total.